The fraction of sp³-hybridized carbons (Fsp3) is 0.370. The van der Waals surface area contributed by atoms with Crippen LogP contribution in [-0.4, -0.2) is 57.7 Å². The topological polar surface area (TPSA) is 105 Å². The first-order chi connectivity index (χ1) is 18.9. The van der Waals surface area contributed by atoms with Crippen molar-refractivity contribution in [3.63, 3.8) is 0 Å². The number of fused-ring (bicyclic) bond motifs is 1. The number of carbonyl (C=O) groups is 1. The van der Waals surface area contributed by atoms with Crippen LogP contribution in [-0.2, 0) is 14.3 Å². The van der Waals surface area contributed by atoms with Crippen LogP contribution in [0.3, 0.4) is 0 Å². The molecule has 2 aliphatic heterocycles. The van der Waals surface area contributed by atoms with Crippen molar-refractivity contribution in [2.45, 2.75) is 19.9 Å². The number of hydrogen-bond acceptors (Lipinski definition) is 10. The van der Waals surface area contributed by atoms with Gasteiger partial charge in [0.1, 0.15) is 5.76 Å². The molecule has 0 bridgehead atoms. The Morgan fingerprint density at radius 1 is 1.21 bits per heavy atom. The number of hydrogen-bond donors (Lipinski definition) is 0. The summed E-state index contributed by atoms with van der Waals surface area (Å²) in [4.78, 5) is 34.3. The van der Waals surface area contributed by atoms with Crippen LogP contribution in [0.4, 0.5) is 5.88 Å². The summed E-state index contributed by atoms with van der Waals surface area (Å²) in [5, 5.41) is 0. The number of benzene rings is 1. The number of rotatable bonds is 7. The molecule has 12 heteroatoms. The Balaban J connectivity index is 1.66. The van der Waals surface area contributed by atoms with Crippen molar-refractivity contribution < 1.29 is 28.2 Å². The van der Waals surface area contributed by atoms with E-state index in [2.05, 4.69) is 25.8 Å². The molecule has 4 heterocycles. The largest absolute Gasteiger partial charge is 0.493 e. The van der Waals surface area contributed by atoms with Gasteiger partial charge in [-0.1, -0.05) is 27.3 Å². The zero-order valence-electron chi connectivity index (χ0n) is 22.0. The molecule has 0 spiro atoms. The molecule has 0 amide bonds. The molecule has 0 aliphatic carbocycles. The van der Waals surface area contributed by atoms with Crippen molar-refractivity contribution in [2.75, 3.05) is 52.0 Å². The van der Waals surface area contributed by atoms with E-state index in [4.69, 9.17) is 23.4 Å². The number of ether oxygens (including phenoxy) is 4. The summed E-state index contributed by atoms with van der Waals surface area (Å²) in [6.45, 7) is 6.43. The number of halogens is 1. The van der Waals surface area contributed by atoms with Gasteiger partial charge in [0.2, 0.25) is 0 Å². The van der Waals surface area contributed by atoms with Gasteiger partial charge in [-0.25, -0.2) is 9.79 Å². The van der Waals surface area contributed by atoms with Crippen molar-refractivity contribution >= 4 is 45.2 Å². The number of furan rings is 1. The van der Waals surface area contributed by atoms with E-state index in [1.54, 1.807) is 39.2 Å². The van der Waals surface area contributed by atoms with Gasteiger partial charge in [0.15, 0.2) is 22.2 Å². The first kappa shape index (κ1) is 27.2. The van der Waals surface area contributed by atoms with Crippen LogP contribution in [0.5, 0.6) is 11.5 Å². The number of carbonyl (C=O) groups excluding carboxylic acids is 1. The first-order valence-corrected chi connectivity index (χ1v) is 14.0. The summed E-state index contributed by atoms with van der Waals surface area (Å²) in [5.41, 5.74) is 1.08. The maximum atomic E-state index is 13.9. The maximum absolute atomic E-state index is 13.9. The molecule has 2 aliphatic rings. The zero-order chi connectivity index (χ0) is 27.7. The van der Waals surface area contributed by atoms with Gasteiger partial charge >= 0.3 is 5.97 Å². The Hall–Kier alpha value is -3.35. The van der Waals surface area contributed by atoms with Crippen molar-refractivity contribution in [2.24, 2.45) is 4.99 Å². The fourth-order valence-electron chi connectivity index (χ4n) is 4.67. The Labute approximate surface area is 236 Å². The summed E-state index contributed by atoms with van der Waals surface area (Å²) < 4.78 is 30.4. The second kappa shape index (κ2) is 11.4. The Bertz CT molecular complexity index is 1610. The summed E-state index contributed by atoms with van der Waals surface area (Å²) >= 11 is 4.84. The van der Waals surface area contributed by atoms with Gasteiger partial charge in [0.05, 0.1) is 55.9 Å². The normalized spacial score (nSPS) is 17.6. The molecule has 3 aromatic rings. The molecule has 0 N–H and O–H groups in total. The molecule has 206 valence electrons. The summed E-state index contributed by atoms with van der Waals surface area (Å²) in [6, 6.07) is 6.42. The van der Waals surface area contributed by atoms with Crippen molar-refractivity contribution in [3.05, 3.63) is 71.0 Å². The maximum Gasteiger partial charge on any atom is 0.338 e. The average molecular weight is 619 g/mol. The van der Waals surface area contributed by atoms with Crippen LogP contribution in [0.1, 0.15) is 31.2 Å². The van der Waals surface area contributed by atoms with Crippen LogP contribution in [0.2, 0.25) is 0 Å². The lowest BCUT2D eigenvalue weighted by Gasteiger charge is -2.26. The van der Waals surface area contributed by atoms with Crippen LogP contribution in [0.25, 0.3) is 6.08 Å². The molecule has 0 radical (unpaired) electrons. The van der Waals surface area contributed by atoms with Crippen LogP contribution in [0, 0.1) is 0 Å². The van der Waals surface area contributed by atoms with Crippen LogP contribution >= 0.6 is 27.3 Å². The van der Waals surface area contributed by atoms with Gasteiger partial charge in [0, 0.05) is 29.7 Å². The van der Waals surface area contributed by atoms with Gasteiger partial charge < -0.3 is 28.3 Å². The van der Waals surface area contributed by atoms with E-state index in [0.29, 0.717) is 55.5 Å². The van der Waals surface area contributed by atoms with E-state index < -0.39 is 12.0 Å². The Kier molecular flexibility index (Phi) is 7.96. The highest BCUT2D eigenvalue weighted by molar-refractivity contribution is 9.10. The monoisotopic (exact) mass is 617 g/mol. The minimum absolute atomic E-state index is 0.184. The van der Waals surface area contributed by atoms with Gasteiger partial charge in [0.25, 0.3) is 5.56 Å². The number of thiazole rings is 1. The minimum Gasteiger partial charge on any atom is -0.493 e. The van der Waals surface area contributed by atoms with E-state index in [9.17, 15) is 9.59 Å². The third kappa shape index (κ3) is 5.15. The second-order valence-electron chi connectivity index (χ2n) is 8.81. The standard InChI is InChI=1S/C27H28BrN3O7S/c1-5-37-26(33)23-15(2)29-27-31(24(23)17-13-19(34-3)20(35-4)14-18(17)28)25(32)21(39-27)12-16-6-7-22(38-16)30-8-10-36-11-9-30/h6-7,12-14,24H,5,8-11H2,1-4H3/t24-/m1/s1. The van der Waals surface area contributed by atoms with Crippen LogP contribution < -0.4 is 29.3 Å². The van der Waals surface area contributed by atoms with E-state index >= 15 is 0 Å². The third-order valence-corrected chi connectivity index (χ3v) is 8.19. The van der Waals surface area contributed by atoms with E-state index in [0.717, 1.165) is 19.0 Å². The molecular weight excluding hydrogens is 590 g/mol. The Morgan fingerprint density at radius 2 is 1.92 bits per heavy atom. The summed E-state index contributed by atoms with van der Waals surface area (Å²) in [5.74, 6) is 1.70. The molecular formula is C27H28BrN3O7S. The molecule has 10 nitrogen and oxygen atoms in total. The molecule has 1 fully saturated rings. The van der Waals surface area contributed by atoms with E-state index in [1.165, 1.54) is 23.0 Å². The third-order valence-electron chi connectivity index (χ3n) is 6.52. The smallest absolute Gasteiger partial charge is 0.338 e. The van der Waals surface area contributed by atoms with E-state index in [-0.39, 0.29) is 17.7 Å². The number of esters is 1. The fourth-order valence-corrected chi connectivity index (χ4v) is 6.23. The summed E-state index contributed by atoms with van der Waals surface area (Å²) in [6.07, 6.45) is 1.71. The molecule has 39 heavy (non-hydrogen) atoms. The average Bonchev–Trinajstić information content (AvgIpc) is 3.52. The first-order valence-electron chi connectivity index (χ1n) is 12.4. The van der Waals surface area contributed by atoms with Crippen molar-refractivity contribution in [3.8, 4) is 11.5 Å². The number of nitrogens with zero attached hydrogens (tertiary/aromatic N) is 3. The molecule has 0 unspecified atom stereocenters. The highest BCUT2D eigenvalue weighted by Crippen LogP contribution is 2.40. The van der Waals surface area contributed by atoms with E-state index in [1.807, 2.05) is 12.1 Å². The minimum atomic E-state index is -0.808. The number of aromatic nitrogens is 1. The lowest BCUT2D eigenvalue weighted by atomic mass is 9.95. The van der Waals surface area contributed by atoms with Gasteiger partial charge in [-0.2, -0.15) is 0 Å². The zero-order valence-corrected chi connectivity index (χ0v) is 24.4. The van der Waals surface area contributed by atoms with Crippen LogP contribution in [0.15, 0.2) is 54.2 Å². The molecule has 1 saturated heterocycles. The van der Waals surface area contributed by atoms with Gasteiger partial charge in [-0.15, -0.1) is 0 Å². The molecule has 1 aromatic carbocycles. The summed E-state index contributed by atoms with van der Waals surface area (Å²) in [7, 11) is 3.07. The predicted octanol–water partition coefficient (Wildman–Crippen LogP) is 3.01. The number of morpholine rings is 1. The number of anilines is 1. The van der Waals surface area contributed by atoms with Crippen molar-refractivity contribution in [1.29, 1.82) is 0 Å². The van der Waals surface area contributed by atoms with Crippen molar-refractivity contribution in [1.82, 2.24) is 4.57 Å². The lowest BCUT2D eigenvalue weighted by molar-refractivity contribution is -0.139. The SMILES string of the molecule is CCOC(=O)C1=C(C)N=c2sc(=Cc3ccc(N4CCOCC4)o3)c(=O)n2[C@@H]1c1cc(OC)c(OC)cc1Br. The molecule has 1 atom stereocenters. The molecule has 5 rings (SSSR count). The predicted molar refractivity (Wildman–Crippen MR) is 149 cm³/mol. The quantitative estimate of drug-likeness (QED) is 0.373. The van der Waals surface area contributed by atoms with Gasteiger partial charge in [-0.3, -0.25) is 9.36 Å². The highest BCUT2D eigenvalue weighted by Gasteiger charge is 2.35. The number of allylic oxidation sites excluding steroid dienone is 1. The van der Waals surface area contributed by atoms with Gasteiger partial charge in [-0.05, 0) is 37.6 Å². The molecule has 2 aromatic heterocycles. The lowest BCUT2D eigenvalue weighted by Crippen LogP contribution is -2.40. The number of methoxy groups -OCH3 is 2. The highest BCUT2D eigenvalue weighted by atomic mass is 79.9. The second-order valence-corrected chi connectivity index (χ2v) is 10.7. The Morgan fingerprint density at radius 3 is 2.62 bits per heavy atom. The molecule has 0 saturated carbocycles.